The van der Waals surface area contributed by atoms with E-state index in [2.05, 4.69) is 10.4 Å². The molecule has 2 aromatic carbocycles. The van der Waals surface area contributed by atoms with Gasteiger partial charge in [0.1, 0.15) is 11.5 Å². The predicted octanol–water partition coefficient (Wildman–Crippen LogP) is 3.08. The summed E-state index contributed by atoms with van der Waals surface area (Å²) >= 11 is 0. The molecule has 0 aliphatic rings. The van der Waals surface area contributed by atoms with Crippen molar-refractivity contribution in [2.75, 3.05) is 20.8 Å². The Bertz CT molecular complexity index is 899. The standard InChI is InChI=1S/C21H23N3O3/c1-24-20(16-6-10-18(27-3)11-7-16)14-19(23-24)21(25)22-13-12-15-4-8-17(26-2)9-5-15/h4-11,14H,12-13H2,1-3H3,(H,22,25). The van der Waals surface area contributed by atoms with Crippen molar-refractivity contribution in [2.45, 2.75) is 6.42 Å². The number of benzene rings is 2. The third-order valence-corrected chi connectivity index (χ3v) is 4.36. The van der Waals surface area contributed by atoms with Crippen LogP contribution in [0.5, 0.6) is 11.5 Å². The highest BCUT2D eigenvalue weighted by Crippen LogP contribution is 2.22. The molecule has 6 nitrogen and oxygen atoms in total. The van der Waals surface area contributed by atoms with Crippen LogP contribution in [0.3, 0.4) is 0 Å². The summed E-state index contributed by atoms with van der Waals surface area (Å²) in [5.41, 5.74) is 3.38. The maximum atomic E-state index is 12.4. The Morgan fingerprint density at radius 1 is 1.00 bits per heavy atom. The van der Waals surface area contributed by atoms with Gasteiger partial charge >= 0.3 is 0 Å². The van der Waals surface area contributed by atoms with Gasteiger partial charge in [-0.15, -0.1) is 0 Å². The van der Waals surface area contributed by atoms with E-state index >= 15 is 0 Å². The van der Waals surface area contributed by atoms with Crippen molar-refractivity contribution in [3.63, 3.8) is 0 Å². The largest absolute Gasteiger partial charge is 0.497 e. The summed E-state index contributed by atoms with van der Waals surface area (Å²) in [6.07, 6.45) is 0.744. The van der Waals surface area contributed by atoms with Gasteiger partial charge in [-0.2, -0.15) is 5.10 Å². The highest BCUT2D eigenvalue weighted by molar-refractivity contribution is 5.93. The fourth-order valence-electron chi connectivity index (χ4n) is 2.81. The Balaban J connectivity index is 1.61. The molecule has 27 heavy (non-hydrogen) atoms. The van der Waals surface area contributed by atoms with E-state index in [1.54, 1.807) is 25.0 Å². The molecule has 0 fully saturated rings. The second-order valence-corrected chi connectivity index (χ2v) is 6.12. The van der Waals surface area contributed by atoms with Crippen LogP contribution in [-0.2, 0) is 13.5 Å². The third-order valence-electron chi connectivity index (χ3n) is 4.36. The molecule has 1 heterocycles. The van der Waals surface area contributed by atoms with Crippen LogP contribution < -0.4 is 14.8 Å². The molecule has 0 saturated carbocycles. The molecule has 1 aromatic heterocycles. The molecule has 0 atom stereocenters. The Kier molecular flexibility index (Phi) is 5.76. The van der Waals surface area contributed by atoms with E-state index < -0.39 is 0 Å². The minimum Gasteiger partial charge on any atom is -0.497 e. The summed E-state index contributed by atoms with van der Waals surface area (Å²) in [6, 6.07) is 17.3. The number of nitrogens with one attached hydrogen (secondary N) is 1. The van der Waals surface area contributed by atoms with Crippen molar-refractivity contribution in [3.8, 4) is 22.8 Å². The SMILES string of the molecule is COc1ccc(CCNC(=O)c2cc(-c3ccc(OC)cc3)n(C)n2)cc1. The van der Waals surface area contributed by atoms with Crippen LogP contribution in [0.15, 0.2) is 54.6 Å². The van der Waals surface area contributed by atoms with Gasteiger partial charge < -0.3 is 14.8 Å². The van der Waals surface area contributed by atoms with Crippen molar-refractivity contribution < 1.29 is 14.3 Å². The number of hydrogen-bond acceptors (Lipinski definition) is 4. The van der Waals surface area contributed by atoms with Crippen LogP contribution in [0.1, 0.15) is 16.1 Å². The summed E-state index contributed by atoms with van der Waals surface area (Å²) in [7, 11) is 5.10. The Morgan fingerprint density at radius 2 is 1.59 bits per heavy atom. The highest BCUT2D eigenvalue weighted by Gasteiger charge is 2.13. The fraction of sp³-hybridized carbons (Fsp3) is 0.238. The molecule has 3 rings (SSSR count). The summed E-state index contributed by atoms with van der Waals surface area (Å²) in [5, 5.41) is 7.25. The van der Waals surface area contributed by atoms with E-state index in [1.165, 1.54) is 0 Å². The summed E-state index contributed by atoms with van der Waals surface area (Å²) in [6.45, 7) is 0.541. The monoisotopic (exact) mass is 365 g/mol. The van der Waals surface area contributed by atoms with Gasteiger partial charge in [-0.05, 0) is 54.4 Å². The zero-order valence-corrected chi connectivity index (χ0v) is 15.7. The zero-order valence-electron chi connectivity index (χ0n) is 15.7. The van der Waals surface area contributed by atoms with Gasteiger partial charge in [0.2, 0.25) is 0 Å². The second kappa shape index (κ2) is 8.40. The van der Waals surface area contributed by atoms with Crippen molar-refractivity contribution in [2.24, 2.45) is 7.05 Å². The van der Waals surface area contributed by atoms with Crippen LogP contribution in [0.4, 0.5) is 0 Å². The van der Waals surface area contributed by atoms with Crippen LogP contribution >= 0.6 is 0 Å². The molecule has 0 spiro atoms. The quantitative estimate of drug-likeness (QED) is 0.699. The maximum absolute atomic E-state index is 12.4. The smallest absolute Gasteiger partial charge is 0.271 e. The van der Waals surface area contributed by atoms with E-state index in [1.807, 2.05) is 55.6 Å². The molecule has 1 N–H and O–H groups in total. The van der Waals surface area contributed by atoms with E-state index in [4.69, 9.17) is 9.47 Å². The van der Waals surface area contributed by atoms with E-state index in [0.29, 0.717) is 12.2 Å². The van der Waals surface area contributed by atoms with Gasteiger partial charge in [0, 0.05) is 19.2 Å². The lowest BCUT2D eigenvalue weighted by Gasteiger charge is -2.05. The number of amides is 1. The van der Waals surface area contributed by atoms with E-state index in [-0.39, 0.29) is 5.91 Å². The Hall–Kier alpha value is -3.28. The molecule has 1 amide bonds. The van der Waals surface area contributed by atoms with Gasteiger partial charge in [0.05, 0.1) is 19.9 Å². The molecule has 0 aliphatic carbocycles. The van der Waals surface area contributed by atoms with Crippen LogP contribution in [0.25, 0.3) is 11.3 Å². The first-order valence-electron chi connectivity index (χ1n) is 8.70. The van der Waals surface area contributed by atoms with Gasteiger partial charge in [-0.25, -0.2) is 0 Å². The summed E-state index contributed by atoms with van der Waals surface area (Å²) in [4.78, 5) is 12.4. The van der Waals surface area contributed by atoms with Gasteiger partial charge in [0.25, 0.3) is 5.91 Å². The number of carbonyl (C=O) groups is 1. The van der Waals surface area contributed by atoms with Gasteiger partial charge in [-0.1, -0.05) is 12.1 Å². The first kappa shape index (κ1) is 18.5. The van der Waals surface area contributed by atoms with Crippen LogP contribution in [-0.4, -0.2) is 36.5 Å². The third kappa shape index (κ3) is 4.47. The number of ether oxygens (including phenoxy) is 2. The highest BCUT2D eigenvalue weighted by atomic mass is 16.5. The normalized spacial score (nSPS) is 10.5. The summed E-state index contributed by atoms with van der Waals surface area (Å²) < 4.78 is 12.0. The topological polar surface area (TPSA) is 65.4 Å². The number of nitrogens with zero attached hydrogens (tertiary/aromatic N) is 2. The molecule has 6 heteroatoms. The Labute approximate surface area is 158 Å². The molecule has 140 valence electrons. The molecule has 3 aromatic rings. The average molecular weight is 365 g/mol. The number of rotatable bonds is 7. The molecular formula is C21H23N3O3. The molecular weight excluding hydrogens is 342 g/mol. The minimum absolute atomic E-state index is 0.182. The lowest BCUT2D eigenvalue weighted by atomic mass is 10.1. The molecule has 0 radical (unpaired) electrons. The predicted molar refractivity (Wildman–Crippen MR) is 104 cm³/mol. The number of aromatic nitrogens is 2. The number of methoxy groups -OCH3 is 2. The molecule has 0 unspecified atom stereocenters. The minimum atomic E-state index is -0.182. The van der Waals surface area contributed by atoms with Crippen molar-refractivity contribution in [1.82, 2.24) is 15.1 Å². The lowest BCUT2D eigenvalue weighted by molar-refractivity contribution is 0.0948. The van der Waals surface area contributed by atoms with E-state index in [0.717, 1.165) is 34.7 Å². The van der Waals surface area contributed by atoms with Crippen LogP contribution in [0, 0.1) is 0 Å². The van der Waals surface area contributed by atoms with Crippen molar-refractivity contribution >= 4 is 5.91 Å². The molecule has 0 bridgehead atoms. The molecule has 0 saturated heterocycles. The number of carbonyl (C=O) groups excluding carboxylic acids is 1. The van der Waals surface area contributed by atoms with Crippen molar-refractivity contribution in [3.05, 3.63) is 65.9 Å². The first-order chi connectivity index (χ1) is 13.1. The van der Waals surface area contributed by atoms with Gasteiger partial charge in [-0.3, -0.25) is 9.48 Å². The molecule has 0 aliphatic heterocycles. The Morgan fingerprint density at radius 3 is 2.19 bits per heavy atom. The maximum Gasteiger partial charge on any atom is 0.271 e. The zero-order chi connectivity index (χ0) is 19.2. The van der Waals surface area contributed by atoms with E-state index in [9.17, 15) is 4.79 Å². The fourth-order valence-corrected chi connectivity index (χ4v) is 2.81. The number of hydrogen-bond donors (Lipinski definition) is 1. The van der Waals surface area contributed by atoms with Gasteiger partial charge in [0.15, 0.2) is 5.69 Å². The number of aryl methyl sites for hydroxylation is 1. The van der Waals surface area contributed by atoms with Crippen molar-refractivity contribution in [1.29, 1.82) is 0 Å². The van der Waals surface area contributed by atoms with Crippen LogP contribution in [0.2, 0.25) is 0 Å². The first-order valence-corrected chi connectivity index (χ1v) is 8.70. The lowest BCUT2D eigenvalue weighted by Crippen LogP contribution is -2.26. The second-order valence-electron chi connectivity index (χ2n) is 6.12. The summed E-state index contributed by atoms with van der Waals surface area (Å²) in [5.74, 6) is 1.43. The average Bonchev–Trinajstić information content (AvgIpc) is 3.10.